The van der Waals surface area contributed by atoms with Crippen LogP contribution in [0.2, 0.25) is 0 Å². The number of nitro groups is 1. The topological polar surface area (TPSA) is 167 Å². The van der Waals surface area contributed by atoms with Crippen molar-refractivity contribution in [3.63, 3.8) is 0 Å². The van der Waals surface area contributed by atoms with Crippen LogP contribution in [0.4, 0.5) is 10.5 Å². The molecule has 0 saturated carbocycles. The standard InChI is InChI=1S/C19H23BrN4O8S2/c1-5-31-17(25)15(22-18(26)32-19(2,3)4)14(16-21-13(20)10-33-16)23-34(29,30)12-9-7-6-8-11(12)24(27)28/h6-10,14-15,23H,5H2,1-4H3,(H,22,26)/t14-,15-/m0/s1. The SMILES string of the molecule is CCOC(=O)[C@@H](NC(=O)OC(C)(C)C)[C@H](NS(=O)(=O)c1ccccc1[N+](=O)[O-])c1nc(Br)cs1. The molecule has 0 spiro atoms. The van der Waals surface area contributed by atoms with E-state index in [0.29, 0.717) is 4.60 Å². The summed E-state index contributed by atoms with van der Waals surface area (Å²) in [5, 5.41) is 15.3. The van der Waals surface area contributed by atoms with Crippen LogP contribution in [-0.4, -0.2) is 48.6 Å². The van der Waals surface area contributed by atoms with Crippen LogP contribution in [0.15, 0.2) is 39.1 Å². The van der Waals surface area contributed by atoms with Crippen LogP contribution in [0.1, 0.15) is 38.7 Å². The summed E-state index contributed by atoms with van der Waals surface area (Å²) in [5.74, 6) is -0.963. The molecule has 34 heavy (non-hydrogen) atoms. The van der Waals surface area contributed by atoms with Gasteiger partial charge in [0.1, 0.15) is 21.3 Å². The molecule has 186 valence electrons. The molecule has 0 unspecified atom stereocenters. The van der Waals surface area contributed by atoms with Crippen LogP contribution in [0, 0.1) is 10.1 Å². The Bertz CT molecular complexity index is 1160. The Hall–Kier alpha value is -2.62. The van der Waals surface area contributed by atoms with Gasteiger partial charge in [0.25, 0.3) is 5.69 Å². The third-order valence-electron chi connectivity index (χ3n) is 3.94. The van der Waals surface area contributed by atoms with Gasteiger partial charge in [-0.15, -0.1) is 11.3 Å². The number of carbonyl (C=O) groups excluding carboxylic acids is 2. The largest absolute Gasteiger partial charge is 0.464 e. The first-order chi connectivity index (χ1) is 15.7. The van der Waals surface area contributed by atoms with Crippen molar-refractivity contribution in [1.29, 1.82) is 0 Å². The van der Waals surface area contributed by atoms with Crippen molar-refractivity contribution >= 4 is 55.0 Å². The molecule has 2 atom stereocenters. The average Bonchev–Trinajstić information content (AvgIpc) is 3.15. The fraction of sp³-hybridized carbons (Fsp3) is 0.421. The molecule has 0 radical (unpaired) electrons. The third kappa shape index (κ3) is 7.44. The van der Waals surface area contributed by atoms with Crippen LogP contribution in [0.25, 0.3) is 0 Å². The second kappa shape index (κ2) is 11.2. The van der Waals surface area contributed by atoms with E-state index in [1.54, 1.807) is 20.8 Å². The normalized spacial score (nSPS) is 13.6. The number of benzene rings is 1. The number of rotatable bonds is 9. The molecule has 0 bridgehead atoms. The molecule has 1 amide bonds. The molecule has 1 aromatic carbocycles. The zero-order valence-electron chi connectivity index (χ0n) is 18.6. The highest BCUT2D eigenvalue weighted by molar-refractivity contribution is 9.10. The number of nitrogens with zero attached hydrogens (tertiary/aromatic N) is 2. The minimum atomic E-state index is -4.58. The maximum Gasteiger partial charge on any atom is 0.408 e. The molecule has 0 aliphatic carbocycles. The van der Waals surface area contributed by atoms with Crippen molar-refractivity contribution in [2.75, 3.05) is 6.61 Å². The second-order valence-corrected chi connectivity index (χ2v) is 11.1. The van der Waals surface area contributed by atoms with E-state index in [2.05, 4.69) is 31.0 Å². The van der Waals surface area contributed by atoms with Gasteiger partial charge in [0.2, 0.25) is 10.0 Å². The van der Waals surface area contributed by atoms with Crippen LogP contribution in [-0.2, 0) is 24.3 Å². The molecular formula is C19H23BrN4O8S2. The molecule has 0 aliphatic heterocycles. The van der Waals surface area contributed by atoms with E-state index in [4.69, 9.17) is 9.47 Å². The highest BCUT2D eigenvalue weighted by Crippen LogP contribution is 2.29. The van der Waals surface area contributed by atoms with Gasteiger partial charge in [0.15, 0.2) is 10.9 Å². The molecular weight excluding hydrogens is 556 g/mol. The number of hydrogen-bond donors (Lipinski definition) is 2. The molecule has 1 heterocycles. The van der Waals surface area contributed by atoms with E-state index in [1.165, 1.54) is 24.4 Å². The molecule has 2 rings (SSSR count). The lowest BCUT2D eigenvalue weighted by Crippen LogP contribution is -2.52. The Kier molecular flexibility index (Phi) is 9.10. The molecule has 1 aromatic heterocycles. The number of ether oxygens (including phenoxy) is 2. The summed E-state index contributed by atoms with van der Waals surface area (Å²) in [6.45, 7) is 6.31. The number of esters is 1. The monoisotopic (exact) mass is 578 g/mol. The number of aromatic nitrogens is 1. The van der Waals surface area contributed by atoms with Gasteiger partial charge in [-0.2, -0.15) is 4.72 Å². The summed E-state index contributed by atoms with van der Waals surface area (Å²) < 4.78 is 39.3. The van der Waals surface area contributed by atoms with Crippen LogP contribution in [0.5, 0.6) is 0 Å². The van der Waals surface area contributed by atoms with E-state index in [1.807, 2.05) is 0 Å². The number of hydrogen-bond acceptors (Lipinski definition) is 10. The molecule has 12 nitrogen and oxygen atoms in total. The number of nitro benzene ring substituents is 1. The van der Waals surface area contributed by atoms with Gasteiger partial charge in [-0.3, -0.25) is 10.1 Å². The summed E-state index contributed by atoms with van der Waals surface area (Å²) in [4.78, 5) is 39.3. The Labute approximate surface area is 208 Å². The molecule has 0 fully saturated rings. The third-order valence-corrected chi connectivity index (χ3v) is 7.07. The average molecular weight is 579 g/mol. The Morgan fingerprint density at radius 1 is 1.29 bits per heavy atom. The van der Waals surface area contributed by atoms with Gasteiger partial charge in [-0.05, 0) is 49.7 Å². The summed E-state index contributed by atoms with van der Waals surface area (Å²) in [6.07, 6.45) is -1.00. The van der Waals surface area contributed by atoms with Crippen molar-refractivity contribution in [2.45, 2.75) is 50.3 Å². The molecule has 0 saturated heterocycles. The van der Waals surface area contributed by atoms with Crippen molar-refractivity contribution < 1.29 is 32.4 Å². The highest BCUT2D eigenvalue weighted by Gasteiger charge is 2.39. The zero-order chi connectivity index (χ0) is 25.7. The zero-order valence-corrected chi connectivity index (χ0v) is 21.8. The molecule has 2 N–H and O–H groups in total. The lowest BCUT2D eigenvalue weighted by molar-refractivity contribution is -0.387. The number of thiazole rings is 1. The fourth-order valence-corrected chi connectivity index (χ4v) is 5.49. The molecule has 2 aromatic rings. The molecule has 15 heteroatoms. The first-order valence-corrected chi connectivity index (χ1v) is 12.9. The van der Waals surface area contributed by atoms with Crippen molar-refractivity contribution in [2.24, 2.45) is 0 Å². The summed E-state index contributed by atoms with van der Waals surface area (Å²) >= 11 is 4.16. The predicted octanol–water partition coefficient (Wildman–Crippen LogP) is 3.29. The van der Waals surface area contributed by atoms with Gasteiger partial charge in [0, 0.05) is 11.4 Å². The van der Waals surface area contributed by atoms with Gasteiger partial charge < -0.3 is 14.8 Å². The summed E-state index contributed by atoms with van der Waals surface area (Å²) in [5.41, 5.74) is -1.57. The Morgan fingerprint density at radius 3 is 2.47 bits per heavy atom. The smallest absolute Gasteiger partial charge is 0.408 e. The van der Waals surface area contributed by atoms with E-state index < -0.39 is 55.3 Å². The predicted molar refractivity (Wildman–Crippen MR) is 126 cm³/mol. The number of carbonyl (C=O) groups is 2. The van der Waals surface area contributed by atoms with Crippen molar-refractivity contribution in [3.05, 3.63) is 49.4 Å². The Balaban J connectivity index is 2.56. The fourth-order valence-electron chi connectivity index (χ4n) is 2.68. The van der Waals surface area contributed by atoms with Crippen molar-refractivity contribution in [3.8, 4) is 0 Å². The lowest BCUT2D eigenvalue weighted by atomic mass is 10.1. The number of para-hydroxylation sites is 1. The van der Waals surface area contributed by atoms with E-state index in [-0.39, 0.29) is 11.6 Å². The van der Waals surface area contributed by atoms with Crippen molar-refractivity contribution in [1.82, 2.24) is 15.0 Å². The summed E-state index contributed by atoms with van der Waals surface area (Å²) in [6, 6.07) is 1.63. The maximum absolute atomic E-state index is 13.2. The van der Waals surface area contributed by atoms with Gasteiger partial charge in [-0.25, -0.2) is 23.0 Å². The van der Waals surface area contributed by atoms with E-state index in [9.17, 15) is 28.1 Å². The first kappa shape index (κ1) is 27.6. The first-order valence-electron chi connectivity index (χ1n) is 9.78. The second-order valence-electron chi connectivity index (χ2n) is 7.71. The van der Waals surface area contributed by atoms with Gasteiger partial charge in [-0.1, -0.05) is 12.1 Å². The minimum Gasteiger partial charge on any atom is -0.464 e. The highest BCUT2D eigenvalue weighted by atomic mass is 79.9. The quantitative estimate of drug-likeness (QED) is 0.257. The van der Waals surface area contributed by atoms with Crippen LogP contribution >= 0.6 is 27.3 Å². The van der Waals surface area contributed by atoms with Crippen LogP contribution < -0.4 is 10.0 Å². The van der Waals surface area contributed by atoms with Crippen LogP contribution in [0.3, 0.4) is 0 Å². The minimum absolute atomic E-state index is 0.0590. The summed E-state index contributed by atoms with van der Waals surface area (Å²) in [7, 11) is -4.58. The van der Waals surface area contributed by atoms with Gasteiger partial charge >= 0.3 is 12.1 Å². The number of alkyl carbamates (subject to hydrolysis) is 1. The Morgan fingerprint density at radius 2 is 1.94 bits per heavy atom. The van der Waals surface area contributed by atoms with E-state index in [0.717, 1.165) is 23.5 Å². The molecule has 0 aliphatic rings. The number of sulfonamides is 1. The number of halogens is 1. The lowest BCUT2D eigenvalue weighted by Gasteiger charge is -2.27. The van der Waals surface area contributed by atoms with E-state index >= 15 is 0 Å². The van der Waals surface area contributed by atoms with Gasteiger partial charge in [0.05, 0.1) is 11.5 Å². The number of nitrogens with one attached hydrogen (secondary N) is 2. The number of amides is 1. The maximum atomic E-state index is 13.2.